The second kappa shape index (κ2) is 10.0. The van der Waals surface area contributed by atoms with Crippen LogP contribution in [-0.4, -0.2) is 78.2 Å². The van der Waals surface area contributed by atoms with Gasteiger partial charge in [-0.3, -0.25) is 0 Å². The fourth-order valence-corrected chi connectivity index (χ4v) is 7.78. The third-order valence-corrected chi connectivity index (χ3v) is 9.69. The number of aliphatic imine (C=N–C) groups is 1. The highest BCUT2D eigenvalue weighted by Crippen LogP contribution is 2.42. The number of nitrogens with two attached hydrogens (primary N) is 2. The number of benzene rings is 1. The molecule has 1 unspecified atom stereocenters. The largest absolute Gasteiger partial charge is 0.497 e. The molecular weight excluding hydrogens is 506 g/mol. The third-order valence-electron chi connectivity index (χ3n) is 7.61. The number of fused-ring (bicyclic) bond motifs is 3. The number of amidine groups is 1. The summed E-state index contributed by atoms with van der Waals surface area (Å²) in [6.07, 6.45) is 4.53. The summed E-state index contributed by atoms with van der Waals surface area (Å²) in [6, 6.07) is 7.49. The first-order valence-electron chi connectivity index (χ1n) is 12.7. The number of nitriles is 1. The van der Waals surface area contributed by atoms with E-state index < -0.39 is 10.2 Å². The van der Waals surface area contributed by atoms with Crippen molar-refractivity contribution in [1.29, 1.82) is 5.26 Å². The van der Waals surface area contributed by atoms with Gasteiger partial charge in [0.05, 0.1) is 24.6 Å². The molecule has 5 rings (SSSR count). The number of allylic oxidation sites excluding steroid dienone is 1. The molecule has 13 heteroatoms. The number of aromatic nitrogens is 2. The molecule has 3 fully saturated rings. The Bertz CT molecular complexity index is 1430. The van der Waals surface area contributed by atoms with Crippen molar-refractivity contribution in [3.63, 3.8) is 0 Å². The molecule has 0 spiro atoms. The molecule has 12 nitrogen and oxygen atoms in total. The average molecular weight is 540 g/mol. The maximum atomic E-state index is 13.3. The van der Waals surface area contributed by atoms with Gasteiger partial charge in [0.25, 0.3) is 10.2 Å². The van der Waals surface area contributed by atoms with E-state index in [2.05, 4.69) is 11.1 Å². The lowest BCUT2D eigenvalue weighted by molar-refractivity contribution is 0.177. The van der Waals surface area contributed by atoms with Crippen molar-refractivity contribution in [2.75, 3.05) is 32.1 Å². The van der Waals surface area contributed by atoms with E-state index in [-0.39, 0.29) is 43.0 Å². The average Bonchev–Trinajstić information content (AvgIpc) is 3.12. The van der Waals surface area contributed by atoms with Crippen LogP contribution in [0, 0.1) is 17.2 Å². The van der Waals surface area contributed by atoms with Crippen LogP contribution in [-0.2, 0) is 10.2 Å². The van der Waals surface area contributed by atoms with Crippen LogP contribution in [0.5, 0.6) is 5.75 Å². The Kier molecular flexibility index (Phi) is 6.89. The zero-order chi connectivity index (χ0) is 27.2. The Labute approximate surface area is 222 Å². The predicted molar refractivity (Wildman–Crippen MR) is 145 cm³/mol. The molecule has 38 heavy (non-hydrogen) atoms. The van der Waals surface area contributed by atoms with Crippen LogP contribution >= 0.6 is 0 Å². The van der Waals surface area contributed by atoms with Gasteiger partial charge in [0.15, 0.2) is 5.82 Å². The van der Waals surface area contributed by atoms with Crippen molar-refractivity contribution in [2.24, 2.45) is 22.4 Å². The molecule has 4 N–H and O–H groups in total. The summed E-state index contributed by atoms with van der Waals surface area (Å²) in [4.78, 5) is 16.1. The summed E-state index contributed by atoms with van der Waals surface area (Å²) in [5.74, 6) is 1.57. The first-order chi connectivity index (χ1) is 18.1. The molecule has 2 bridgehead atoms. The van der Waals surface area contributed by atoms with Gasteiger partial charge in [-0.1, -0.05) is 0 Å². The molecule has 0 aliphatic carbocycles. The van der Waals surface area contributed by atoms with Crippen LogP contribution < -0.4 is 21.1 Å². The zero-order valence-corrected chi connectivity index (χ0v) is 22.6. The Balaban J connectivity index is 1.43. The Morgan fingerprint density at radius 3 is 2.53 bits per heavy atom. The van der Waals surface area contributed by atoms with Gasteiger partial charge in [-0.15, -0.1) is 0 Å². The highest BCUT2D eigenvalue weighted by atomic mass is 32.2. The molecule has 3 aliphatic heterocycles. The first kappa shape index (κ1) is 26.1. The van der Waals surface area contributed by atoms with E-state index in [1.165, 1.54) is 4.31 Å². The summed E-state index contributed by atoms with van der Waals surface area (Å²) in [6.45, 7) is 2.28. The highest BCUT2D eigenvalue weighted by molar-refractivity contribution is 7.86. The van der Waals surface area contributed by atoms with Crippen molar-refractivity contribution in [3.05, 3.63) is 30.0 Å². The molecule has 4 heterocycles. The van der Waals surface area contributed by atoms with Gasteiger partial charge in [-0.2, -0.15) is 27.3 Å². The van der Waals surface area contributed by atoms with Gasteiger partial charge in [0, 0.05) is 55.4 Å². The van der Waals surface area contributed by atoms with Crippen LogP contribution in [0.3, 0.4) is 0 Å². The van der Waals surface area contributed by atoms with Gasteiger partial charge < -0.3 is 21.1 Å². The second-order valence-electron chi connectivity index (χ2n) is 10.3. The number of anilines is 1. The monoisotopic (exact) mass is 539 g/mol. The standard InChI is InChI=1S/C25H33N9O3S/c1-15(27)8-23(28)30-24-21-7-6-20(37-3)11-22(21)29-25(31-24)32(2)19-9-17-4-5-18(10-19)34(17)38(35,36)33-13-16(12-26)14-33/h6-8,11,16-19H,4-5,9-10,13-14,27H2,1-3H3,(H2,28,29,30,31)/b15-8-/t17-,18+,19?. The number of nitrogens with zero attached hydrogens (tertiary/aromatic N) is 7. The maximum Gasteiger partial charge on any atom is 0.282 e. The summed E-state index contributed by atoms with van der Waals surface area (Å²) in [5.41, 5.74) is 13.1. The molecule has 1 aromatic carbocycles. The summed E-state index contributed by atoms with van der Waals surface area (Å²) in [5, 5.41) is 9.79. The number of hydrogen-bond acceptors (Lipinski definition) is 9. The van der Waals surface area contributed by atoms with Gasteiger partial charge >= 0.3 is 0 Å². The lowest BCUT2D eigenvalue weighted by atomic mass is 9.99. The zero-order valence-electron chi connectivity index (χ0n) is 21.8. The van der Waals surface area contributed by atoms with Crippen molar-refractivity contribution in [2.45, 2.75) is 50.7 Å². The number of hydrogen-bond donors (Lipinski definition) is 2. The van der Waals surface area contributed by atoms with Gasteiger partial charge in [0.1, 0.15) is 11.6 Å². The van der Waals surface area contributed by atoms with Crippen LogP contribution in [0.2, 0.25) is 0 Å². The van der Waals surface area contributed by atoms with Crippen LogP contribution in [0.25, 0.3) is 10.9 Å². The predicted octanol–water partition coefficient (Wildman–Crippen LogP) is 1.62. The number of rotatable bonds is 7. The van der Waals surface area contributed by atoms with Crippen molar-refractivity contribution < 1.29 is 13.2 Å². The number of ether oxygens (including phenoxy) is 1. The minimum Gasteiger partial charge on any atom is -0.497 e. The van der Waals surface area contributed by atoms with Gasteiger partial charge in [0.2, 0.25) is 5.95 Å². The minimum absolute atomic E-state index is 0.0469. The normalized spacial score (nSPS) is 25.3. The fraction of sp³-hybridized carbons (Fsp3) is 0.520. The summed E-state index contributed by atoms with van der Waals surface area (Å²) < 4.78 is 35.2. The van der Waals surface area contributed by atoms with E-state index in [1.807, 2.05) is 30.1 Å². The summed E-state index contributed by atoms with van der Waals surface area (Å²) in [7, 11) is -0.0495. The third kappa shape index (κ3) is 4.75. The van der Waals surface area contributed by atoms with Gasteiger partial charge in [-0.05, 0) is 50.8 Å². The van der Waals surface area contributed by atoms with Crippen molar-refractivity contribution in [1.82, 2.24) is 18.6 Å². The lowest BCUT2D eigenvalue weighted by Gasteiger charge is -2.45. The van der Waals surface area contributed by atoms with E-state index in [0.717, 1.165) is 18.2 Å². The Morgan fingerprint density at radius 2 is 1.92 bits per heavy atom. The molecule has 0 saturated carbocycles. The molecule has 3 saturated heterocycles. The van der Waals surface area contributed by atoms with E-state index in [4.69, 9.17) is 31.4 Å². The van der Waals surface area contributed by atoms with E-state index in [1.54, 1.807) is 24.4 Å². The van der Waals surface area contributed by atoms with E-state index >= 15 is 0 Å². The SMILES string of the molecule is COc1ccc2c(N=C(N)/C=C(/C)N)nc(N(C)C3C[C@H]4CC[C@@H](C3)N4S(=O)(=O)N3CC(C#N)C3)nc2c1. The maximum absolute atomic E-state index is 13.3. The van der Waals surface area contributed by atoms with Gasteiger partial charge in [-0.25, -0.2) is 9.98 Å². The number of piperidine rings is 1. The van der Waals surface area contributed by atoms with E-state index in [0.29, 0.717) is 41.6 Å². The van der Waals surface area contributed by atoms with Crippen molar-refractivity contribution in [3.8, 4) is 11.8 Å². The molecular formula is C25H33N9O3S. The molecule has 202 valence electrons. The lowest BCUT2D eigenvalue weighted by Crippen LogP contribution is -2.60. The molecule has 1 aromatic heterocycles. The van der Waals surface area contributed by atoms with Crippen LogP contribution in [0.15, 0.2) is 35.0 Å². The topological polar surface area (TPSA) is 167 Å². The quantitative estimate of drug-likeness (QED) is 0.392. The smallest absolute Gasteiger partial charge is 0.282 e. The number of methoxy groups -OCH3 is 1. The molecule has 0 radical (unpaired) electrons. The second-order valence-corrected chi connectivity index (χ2v) is 12.1. The Hall–Kier alpha value is -3.47. The molecule has 3 atom stereocenters. The molecule has 3 aliphatic rings. The van der Waals surface area contributed by atoms with Crippen molar-refractivity contribution >= 4 is 38.7 Å². The Morgan fingerprint density at radius 1 is 1.24 bits per heavy atom. The molecule has 0 amide bonds. The fourth-order valence-electron chi connectivity index (χ4n) is 5.64. The van der Waals surface area contributed by atoms with E-state index in [9.17, 15) is 8.42 Å². The van der Waals surface area contributed by atoms with Crippen LogP contribution in [0.4, 0.5) is 11.8 Å². The highest BCUT2D eigenvalue weighted by Gasteiger charge is 2.51. The minimum atomic E-state index is -3.58. The first-order valence-corrected chi connectivity index (χ1v) is 14.0. The summed E-state index contributed by atoms with van der Waals surface area (Å²) >= 11 is 0. The molecule has 2 aromatic rings. The van der Waals surface area contributed by atoms with Crippen LogP contribution in [0.1, 0.15) is 32.6 Å².